The number of rotatable bonds is 8. The van der Waals surface area contributed by atoms with Crippen LogP contribution in [0.2, 0.25) is 0 Å². The highest BCUT2D eigenvalue weighted by Gasteiger charge is 2.07. The van der Waals surface area contributed by atoms with E-state index in [1.807, 2.05) is 24.3 Å². The number of pyridine rings is 2. The lowest BCUT2D eigenvalue weighted by Crippen LogP contribution is -2.24. The predicted molar refractivity (Wildman–Crippen MR) is 103 cm³/mol. The van der Waals surface area contributed by atoms with E-state index in [9.17, 15) is 4.79 Å². The van der Waals surface area contributed by atoms with Gasteiger partial charge in [0.15, 0.2) is 0 Å². The van der Waals surface area contributed by atoms with Gasteiger partial charge in [0.05, 0.1) is 0 Å². The van der Waals surface area contributed by atoms with E-state index in [1.165, 1.54) is 5.56 Å². The fourth-order valence-corrected chi connectivity index (χ4v) is 2.61. The first-order valence-electron chi connectivity index (χ1n) is 8.72. The molecule has 1 aromatic carbocycles. The number of aryl methyl sites for hydroxylation is 1. The van der Waals surface area contributed by atoms with Crippen LogP contribution in [0.4, 0.5) is 5.69 Å². The van der Waals surface area contributed by atoms with E-state index in [0.29, 0.717) is 12.2 Å². The average molecular weight is 346 g/mol. The van der Waals surface area contributed by atoms with Crippen LogP contribution in [0.1, 0.15) is 28.0 Å². The number of carbonyl (C=O) groups excluding carboxylic acids is 1. The van der Waals surface area contributed by atoms with Gasteiger partial charge in [-0.05, 0) is 42.2 Å². The lowest BCUT2D eigenvalue weighted by atomic mass is 10.1. The van der Waals surface area contributed by atoms with Gasteiger partial charge in [0.25, 0.3) is 5.91 Å². The average Bonchev–Trinajstić information content (AvgIpc) is 2.71. The molecule has 0 bridgehead atoms. The monoisotopic (exact) mass is 346 g/mol. The standard InChI is InChI=1S/C21H22N4O/c26-21(25-16-18-9-4-11-22-15-18)20-14-19(10-13-24-20)23-12-5-8-17-6-2-1-3-7-17/h1-4,6-7,9-11,13-15H,5,8,12,16H2,(H,23,24)(H,25,26). The van der Waals surface area contributed by atoms with Gasteiger partial charge in [-0.2, -0.15) is 0 Å². The zero-order valence-electron chi connectivity index (χ0n) is 14.6. The smallest absolute Gasteiger partial charge is 0.270 e. The fourth-order valence-electron chi connectivity index (χ4n) is 2.61. The number of benzene rings is 1. The molecule has 0 spiro atoms. The normalized spacial score (nSPS) is 10.3. The van der Waals surface area contributed by atoms with Gasteiger partial charge >= 0.3 is 0 Å². The van der Waals surface area contributed by atoms with Crippen LogP contribution in [-0.4, -0.2) is 22.4 Å². The molecule has 0 fully saturated rings. The summed E-state index contributed by atoms with van der Waals surface area (Å²) >= 11 is 0. The lowest BCUT2D eigenvalue weighted by Gasteiger charge is -2.09. The third kappa shape index (κ3) is 5.41. The Balaban J connectivity index is 1.47. The Labute approximate surface area is 153 Å². The van der Waals surface area contributed by atoms with Crippen LogP contribution in [0.25, 0.3) is 0 Å². The zero-order chi connectivity index (χ0) is 18.0. The number of hydrogen-bond acceptors (Lipinski definition) is 4. The summed E-state index contributed by atoms with van der Waals surface area (Å²) in [5.41, 5.74) is 3.59. The van der Waals surface area contributed by atoms with Gasteiger partial charge in [-0.25, -0.2) is 0 Å². The van der Waals surface area contributed by atoms with Crippen molar-refractivity contribution in [2.45, 2.75) is 19.4 Å². The Bertz CT molecular complexity index is 822. The Hall–Kier alpha value is -3.21. The first-order valence-corrected chi connectivity index (χ1v) is 8.72. The quantitative estimate of drug-likeness (QED) is 0.613. The molecule has 5 nitrogen and oxygen atoms in total. The van der Waals surface area contributed by atoms with E-state index in [1.54, 1.807) is 24.7 Å². The molecule has 0 aliphatic carbocycles. The Kier molecular flexibility index (Phi) is 6.31. The maximum Gasteiger partial charge on any atom is 0.270 e. The summed E-state index contributed by atoms with van der Waals surface area (Å²) in [5.74, 6) is -0.193. The summed E-state index contributed by atoms with van der Waals surface area (Å²) in [7, 11) is 0. The van der Waals surface area contributed by atoms with E-state index in [0.717, 1.165) is 30.6 Å². The molecule has 0 radical (unpaired) electrons. The van der Waals surface area contributed by atoms with Crippen molar-refractivity contribution < 1.29 is 4.79 Å². The first kappa shape index (κ1) is 17.6. The van der Waals surface area contributed by atoms with Crippen LogP contribution in [0.15, 0.2) is 73.2 Å². The molecule has 2 aromatic heterocycles. The minimum absolute atomic E-state index is 0.193. The van der Waals surface area contributed by atoms with Crippen molar-refractivity contribution in [3.05, 3.63) is 90.0 Å². The highest BCUT2D eigenvalue weighted by atomic mass is 16.1. The molecule has 3 rings (SSSR count). The van der Waals surface area contributed by atoms with Crippen LogP contribution in [0, 0.1) is 0 Å². The number of amides is 1. The molecule has 2 heterocycles. The topological polar surface area (TPSA) is 66.9 Å². The molecule has 2 N–H and O–H groups in total. The molecule has 0 aliphatic heterocycles. The second-order valence-corrected chi connectivity index (χ2v) is 5.99. The number of nitrogens with zero attached hydrogens (tertiary/aromatic N) is 2. The van der Waals surface area contributed by atoms with E-state index in [-0.39, 0.29) is 5.91 Å². The van der Waals surface area contributed by atoms with Gasteiger partial charge in [-0.3, -0.25) is 14.8 Å². The maximum absolute atomic E-state index is 12.3. The van der Waals surface area contributed by atoms with Gasteiger partial charge in [0, 0.05) is 37.4 Å². The summed E-state index contributed by atoms with van der Waals surface area (Å²) in [4.78, 5) is 20.5. The van der Waals surface area contributed by atoms with Crippen LogP contribution < -0.4 is 10.6 Å². The molecule has 132 valence electrons. The van der Waals surface area contributed by atoms with Crippen molar-refractivity contribution in [2.75, 3.05) is 11.9 Å². The minimum Gasteiger partial charge on any atom is -0.385 e. The molecule has 0 saturated carbocycles. The van der Waals surface area contributed by atoms with E-state index in [2.05, 4.69) is 44.9 Å². The van der Waals surface area contributed by atoms with Crippen molar-refractivity contribution in [1.82, 2.24) is 15.3 Å². The fraction of sp³-hybridized carbons (Fsp3) is 0.190. The van der Waals surface area contributed by atoms with E-state index >= 15 is 0 Å². The summed E-state index contributed by atoms with van der Waals surface area (Å²) in [6.07, 6.45) is 7.14. The molecule has 0 unspecified atom stereocenters. The number of carbonyl (C=O) groups is 1. The summed E-state index contributed by atoms with van der Waals surface area (Å²) in [6.45, 7) is 1.28. The number of anilines is 1. The van der Waals surface area contributed by atoms with Crippen LogP contribution in [-0.2, 0) is 13.0 Å². The third-order valence-corrected chi connectivity index (χ3v) is 3.98. The molecule has 3 aromatic rings. The largest absolute Gasteiger partial charge is 0.385 e. The van der Waals surface area contributed by atoms with Crippen molar-refractivity contribution in [1.29, 1.82) is 0 Å². The maximum atomic E-state index is 12.3. The minimum atomic E-state index is -0.193. The van der Waals surface area contributed by atoms with E-state index < -0.39 is 0 Å². The molecule has 0 saturated heterocycles. The van der Waals surface area contributed by atoms with Crippen LogP contribution >= 0.6 is 0 Å². The molecule has 0 aliphatic rings. The molecule has 1 amide bonds. The second kappa shape index (κ2) is 9.32. The van der Waals surface area contributed by atoms with Crippen LogP contribution in [0.3, 0.4) is 0 Å². The van der Waals surface area contributed by atoms with Gasteiger partial charge in [-0.1, -0.05) is 36.4 Å². The highest BCUT2D eigenvalue weighted by Crippen LogP contribution is 2.09. The summed E-state index contributed by atoms with van der Waals surface area (Å²) in [6, 6.07) is 17.8. The van der Waals surface area contributed by atoms with Gasteiger partial charge in [0.1, 0.15) is 5.69 Å². The first-order chi connectivity index (χ1) is 12.8. The third-order valence-electron chi connectivity index (χ3n) is 3.98. The number of nitrogens with one attached hydrogen (secondary N) is 2. The SMILES string of the molecule is O=C(NCc1cccnc1)c1cc(NCCCc2ccccc2)ccn1. The lowest BCUT2D eigenvalue weighted by molar-refractivity contribution is 0.0946. The van der Waals surface area contributed by atoms with Gasteiger partial charge in [-0.15, -0.1) is 0 Å². The molecular weight excluding hydrogens is 324 g/mol. The molecule has 0 atom stereocenters. The number of aromatic nitrogens is 2. The van der Waals surface area contributed by atoms with Crippen molar-refractivity contribution in [2.24, 2.45) is 0 Å². The molecule has 26 heavy (non-hydrogen) atoms. The second-order valence-electron chi connectivity index (χ2n) is 5.99. The Morgan fingerprint density at radius 3 is 2.62 bits per heavy atom. The van der Waals surface area contributed by atoms with Crippen LogP contribution in [0.5, 0.6) is 0 Å². The van der Waals surface area contributed by atoms with E-state index in [4.69, 9.17) is 0 Å². The molecular formula is C21H22N4O. The Morgan fingerprint density at radius 2 is 1.81 bits per heavy atom. The predicted octanol–water partition coefficient (Wildman–Crippen LogP) is 3.45. The molecule has 5 heteroatoms. The number of hydrogen-bond donors (Lipinski definition) is 2. The van der Waals surface area contributed by atoms with Crippen molar-refractivity contribution in [3.63, 3.8) is 0 Å². The van der Waals surface area contributed by atoms with Crippen molar-refractivity contribution >= 4 is 11.6 Å². The van der Waals surface area contributed by atoms with Gasteiger partial charge < -0.3 is 10.6 Å². The summed E-state index contributed by atoms with van der Waals surface area (Å²) < 4.78 is 0. The highest BCUT2D eigenvalue weighted by molar-refractivity contribution is 5.93. The van der Waals surface area contributed by atoms with Gasteiger partial charge in [0.2, 0.25) is 0 Å². The summed E-state index contributed by atoms with van der Waals surface area (Å²) in [5, 5.41) is 6.22. The zero-order valence-corrected chi connectivity index (χ0v) is 14.6. The Morgan fingerprint density at radius 1 is 0.962 bits per heavy atom. The van der Waals surface area contributed by atoms with Crippen molar-refractivity contribution in [3.8, 4) is 0 Å².